The van der Waals surface area contributed by atoms with Crippen LogP contribution in [0, 0.1) is 15.9 Å². The van der Waals surface area contributed by atoms with Crippen LogP contribution in [0.25, 0.3) is 6.08 Å². The first kappa shape index (κ1) is 18.8. The third-order valence-electron chi connectivity index (χ3n) is 3.36. The molecule has 26 heavy (non-hydrogen) atoms. The number of amides is 2. The zero-order valence-corrected chi connectivity index (χ0v) is 13.9. The topological polar surface area (TPSA) is 92.6 Å². The highest BCUT2D eigenvalue weighted by Gasteiger charge is 2.11. The Hall–Kier alpha value is -3.55. The Labute approximate surface area is 148 Å². The monoisotopic (exact) mass is 357 g/mol. The van der Waals surface area contributed by atoms with Crippen molar-refractivity contribution in [1.29, 1.82) is 0 Å². The Morgan fingerprint density at radius 3 is 2.65 bits per heavy atom. The zero-order chi connectivity index (χ0) is 19.1. The van der Waals surface area contributed by atoms with Gasteiger partial charge in [0.15, 0.2) is 0 Å². The Morgan fingerprint density at radius 1 is 1.23 bits per heavy atom. The lowest BCUT2D eigenvalue weighted by atomic mass is 10.2. The molecule has 0 heterocycles. The van der Waals surface area contributed by atoms with Gasteiger partial charge in [0, 0.05) is 30.9 Å². The molecule has 134 valence electrons. The number of non-ortho nitro benzene ring substituents is 1. The first-order valence-corrected chi connectivity index (χ1v) is 7.58. The van der Waals surface area contributed by atoms with E-state index in [1.54, 1.807) is 6.07 Å². The number of rotatable bonds is 6. The number of nitrogens with one attached hydrogen (secondary N) is 1. The van der Waals surface area contributed by atoms with Gasteiger partial charge >= 0.3 is 0 Å². The molecule has 0 aliphatic rings. The Balaban J connectivity index is 1.93. The van der Waals surface area contributed by atoms with E-state index in [4.69, 9.17) is 0 Å². The van der Waals surface area contributed by atoms with Crippen LogP contribution in [0.2, 0.25) is 0 Å². The molecule has 0 bridgehead atoms. The lowest BCUT2D eigenvalue weighted by Crippen LogP contribution is -2.33. The second kappa shape index (κ2) is 8.52. The molecular formula is C18H16FN3O4. The van der Waals surface area contributed by atoms with Crippen molar-refractivity contribution >= 4 is 29.3 Å². The van der Waals surface area contributed by atoms with Gasteiger partial charge in [-0.25, -0.2) is 4.39 Å². The van der Waals surface area contributed by atoms with E-state index in [0.717, 1.165) is 0 Å². The normalized spacial score (nSPS) is 10.5. The van der Waals surface area contributed by atoms with Crippen LogP contribution in [-0.2, 0) is 9.59 Å². The van der Waals surface area contributed by atoms with Gasteiger partial charge < -0.3 is 10.2 Å². The Morgan fingerprint density at radius 2 is 1.96 bits per heavy atom. The highest BCUT2D eigenvalue weighted by atomic mass is 19.1. The van der Waals surface area contributed by atoms with Crippen molar-refractivity contribution in [1.82, 2.24) is 4.90 Å². The molecule has 0 saturated heterocycles. The van der Waals surface area contributed by atoms with E-state index in [9.17, 15) is 24.1 Å². The number of halogens is 1. The number of benzene rings is 2. The molecule has 0 atom stereocenters. The molecule has 0 spiro atoms. The van der Waals surface area contributed by atoms with Crippen molar-refractivity contribution in [2.75, 3.05) is 18.9 Å². The van der Waals surface area contributed by atoms with E-state index < -0.39 is 22.6 Å². The molecule has 7 nitrogen and oxygen atoms in total. The summed E-state index contributed by atoms with van der Waals surface area (Å²) in [5.74, 6) is -1.41. The van der Waals surface area contributed by atoms with Crippen molar-refractivity contribution < 1.29 is 18.9 Å². The van der Waals surface area contributed by atoms with E-state index in [-0.39, 0.29) is 12.2 Å². The number of nitro groups is 1. The number of anilines is 1. The van der Waals surface area contributed by atoms with Gasteiger partial charge in [0.1, 0.15) is 5.82 Å². The predicted octanol–water partition coefficient (Wildman–Crippen LogP) is 2.84. The number of likely N-dealkylation sites (N-methyl/N-ethyl adjacent to an activating group) is 1. The summed E-state index contributed by atoms with van der Waals surface area (Å²) in [5, 5.41) is 13.2. The Kier molecular flexibility index (Phi) is 6.15. The summed E-state index contributed by atoms with van der Waals surface area (Å²) < 4.78 is 13.1. The number of carbonyl (C=O) groups excluding carboxylic acids is 2. The van der Waals surface area contributed by atoms with Gasteiger partial charge in [-0.15, -0.1) is 0 Å². The molecule has 0 saturated carbocycles. The molecule has 0 aliphatic heterocycles. The third-order valence-corrected chi connectivity index (χ3v) is 3.36. The van der Waals surface area contributed by atoms with Crippen molar-refractivity contribution in [2.45, 2.75) is 0 Å². The number of nitrogens with zero attached hydrogens (tertiary/aromatic N) is 2. The molecule has 0 aliphatic carbocycles. The average Bonchev–Trinajstić information content (AvgIpc) is 2.59. The van der Waals surface area contributed by atoms with E-state index in [2.05, 4.69) is 5.32 Å². The molecule has 1 N–H and O–H groups in total. The van der Waals surface area contributed by atoms with E-state index in [0.29, 0.717) is 11.3 Å². The molecule has 0 radical (unpaired) electrons. The van der Waals surface area contributed by atoms with Crippen LogP contribution >= 0.6 is 0 Å². The fourth-order valence-electron chi connectivity index (χ4n) is 2.10. The minimum atomic E-state index is -0.526. The van der Waals surface area contributed by atoms with E-state index >= 15 is 0 Å². The number of hydrogen-bond donors (Lipinski definition) is 1. The van der Waals surface area contributed by atoms with Crippen LogP contribution in [0.1, 0.15) is 5.56 Å². The van der Waals surface area contributed by atoms with Crippen LogP contribution in [0.4, 0.5) is 15.8 Å². The van der Waals surface area contributed by atoms with Crippen LogP contribution in [0.15, 0.2) is 54.6 Å². The van der Waals surface area contributed by atoms with Crippen molar-refractivity contribution in [3.8, 4) is 0 Å². The minimum Gasteiger partial charge on any atom is -0.333 e. The second-order valence-corrected chi connectivity index (χ2v) is 5.44. The first-order valence-electron chi connectivity index (χ1n) is 7.58. The van der Waals surface area contributed by atoms with Gasteiger partial charge in [0.25, 0.3) is 5.69 Å². The number of nitro benzene ring substituents is 1. The van der Waals surface area contributed by atoms with Crippen molar-refractivity contribution in [2.24, 2.45) is 0 Å². The molecule has 2 aromatic carbocycles. The first-order chi connectivity index (χ1) is 12.3. The van der Waals surface area contributed by atoms with Crippen molar-refractivity contribution in [3.05, 3.63) is 76.1 Å². The van der Waals surface area contributed by atoms with Gasteiger partial charge in [-0.3, -0.25) is 19.7 Å². The van der Waals surface area contributed by atoms with Crippen LogP contribution in [0.5, 0.6) is 0 Å². The van der Waals surface area contributed by atoms with E-state index in [1.165, 1.54) is 66.6 Å². The predicted molar refractivity (Wildman–Crippen MR) is 94.8 cm³/mol. The molecule has 0 fully saturated rings. The molecular weight excluding hydrogens is 341 g/mol. The standard InChI is InChI=1S/C18H16FN3O4/c1-21(12-17(23)20-15-6-3-5-14(19)11-15)18(24)9-8-13-4-2-7-16(10-13)22(25)26/h2-11H,12H2,1H3,(H,20,23)/b9-8+. The highest BCUT2D eigenvalue weighted by molar-refractivity contribution is 5.97. The highest BCUT2D eigenvalue weighted by Crippen LogP contribution is 2.14. The summed E-state index contributed by atoms with van der Waals surface area (Å²) in [5.41, 5.74) is 0.704. The Bertz CT molecular complexity index is 867. The molecule has 2 amide bonds. The van der Waals surface area contributed by atoms with Gasteiger partial charge in [-0.2, -0.15) is 0 Å². The maximum Gasteiger partial charge on any atom is 0.270 e. The van der Waals surface area contributed by atoms with E-state index in [1.807, 2.05) is 0 Å². The van der Waals surface area contributed by atoms with Crippen LogP contribution < -0.4 is 5.32 Å². The summed E-state index contributed by atoms with van der Waals surface area (Å²) in [6.07, 6.45) is 2.64. The minimum absolute atomic E-state index is 0.0811. The fourth-order valence-corrected chi connectivity index (χ4v) is 2.10. The zero-order valence-electron chi connectivity index (χ0n) is 13.9. The molecule has 2 aromatic rings. The largest absolute Gasteiger partial charge is 0.333 e. The maximum absolute atomic E-state index is 13.1. The quantitative estimate of drug-likeness (QED) is 0.489. The smallest absolute Gasteiger partial charge is 0.270 e. The molecule has 0 unspecified atom stereocenters. The van der Waals surface area contributed by atoms with Crippen LogP contribution in [0.3, 0.4) is 0 Å². The third kappa shape index (κ3) is 5.52. The number of hydrogen-bond acceptors (Lipinski definition) is 4. The van der Waals surface area contributed by atoms with Gasteiger partial charge in [0.2, 0.25) is 11.8 Å². The van der Waals surface area contributed by atoms with Crippen molar-refractivity contribution in [3.63, 3.8) is 0 Å². The van der Waals surface area contributed by atoms with Gasteiger partial charge in [-0.05, 0) is 29.8 Å². The molecule has 0 aromatic heterocycles. The van der Waals surface area contributed by atoms with Gasteiger partial charge in [-0.1, -0.05) is 18.2 Å². The SMILES string of the molecule is CN(CC(=O)Nc1cccc(F)c1)C(=O)/C=C/c1cccc([N+](=O)[O-])c1. The maximum atomic E-state index is 13.1. The summed E-state index contributed by atoms with van der Waals surface area (Å²) >= 11 is 0. The summed E-state index contributed by atoms with van der Waals surface area (Å²) in [6, 6.07) is 11.2. The lowest BCUT2D eigenvalue weighted by molar-refractivity contribution is -0.384. The molecule has 2 rings (SSSR count). The summed E-state index contributed by atoms with van der Waals surface area (Å²) in [7, 11) is 1.44. The average molecular weight is 357 g/mol. The summed E-state index contributed by atoms with van der Waals surface area (Å²) in [6.45, 7) is -0.228. The summed E-state index contributed by atoms with van der Waals surface area (Å²) in [4.78, 5) is 35.3. The fraction of sp³-hybridized carbons (Fsp3) is 0.111. The van der Waals surface area contributed by atoms with Gasteiger partial charge in [0.05, 0.1) is 11.5 Å². The number of carbonyl (C=O) groups is 2. The van der Waals surface area contributed by atoms with Crippen LogP contribution in [-0.4, -0.2) is 35.2 Å². The second-order valence-electron chi connectivity index (χ2n) is 5.44. The lowest BCUT2D eigenvalue weighted by Gasteiger charge is -2.14. The molecule has 8 heteroatoms.